The van der Waals surface area contributed by atoms with Crippen LogP contribution in [-0.4, -0.2) is 16.7 Å². The molecule has 2 aromatic rings. The van der Waals surface area contributed by atoms with Gasteiger partial charge in [0.05, 0.1) is 23.9 Å². The molecule has 0 fully saturated rings. The first kappa shape index (κ1) is 17.5. The van der Waals surface area contributed by atoms with Crippen LogP contribution in [0.5, 0.6) is 0 Å². The molecule has 0 saturated carbocycles. The van der Waals surface area contributed by atoms with Crippen LogP contribution >= 0.6 is 0 Å². The Morgan fingerprint density at radius 3 is 2.46 bits per heavy atom. The maximum absolute atomic E-state index is 12.7. The molecular weight excluding hydrogens is 323 g/mol. The third-order valence-corrected chi connectivity index (χ3v) is 2.92. The van der Waals surface area contributed by atoms with E-state index >= 15 is 0 Å². The second-order valence-corrected chi connectivity index (χ2v) is 5.06. The van der Waals surface area contributed by atoms with Gasteiger partial charge in [-0.05, 0) is 37.3 Å². The summed E-state index contributed by atoms with van der Waals surface area (Å²) in [5.41, 5.74) is -0.137. The zero-order valence-corrected chi connectivity index (χ0v) is 12.6. The number of halogens is 3. The summed E-state index contributed by atoms with van der Waals surface area (Å²) in [6, 6.07) is 7.77. The summed E-state index contributed by atoms with van der Waals surface area (Å²) in [7, 11) is 0. The zero-order valence-electron chi connectivity index (χ0n) is 12.6. The highest BCUT2D eigenvalue weighted by Crippen LogP contribution is 2.31. The number of nitrogens with zero attached hydrogens (tertiary/aromatic N) is 1. The molecule has 2 rings (SSSR count). The van der Waals surface area contributed by atoms with Crippen molar-refractivity contribution in [2.24, 2.45) is 0 Å². The minimum atomic E-state index is -4.42. The van der Waals surface area contributed by atoms with Crippen LogP contribution in [0.1, 0.15) is 18.9 Å². The minimum absolute atomic E-state index is 0.232. The second kappa shape index (κ2) is 7.12. The molecule has 1 heterocycles. The van der Waals surface area contributed by atoms with Crippen LogP contribution in [0.3, 0.4) is 0 Å². The summed E-state index contributed by atoms with van der Waals surface area (Å²) in [5.74, 6) is -0.398. The molecule has 1 aromatic carbocycles. The van der Waals surface area contributed by atoms with Gasteiger partial charge in [-0.1, -0.05) is 6.07 Å². The van der Waals surface area contributed by atoms with Gasteiger partial charge < -0.3 is 10.6 Å². The van der Waals surface area contributed by atoms with Crippen LogP contribution in [0.2, 0.25) is 0 Å². The number of anilines is 3. The fraction of sp³-hybridized carbons (Fsp3) is 0.188. The number of Topliss-reactive ketones (excluding diaryl/α,β-unsaturated/α-hetero) is 1. The molecule has 0 aliphatic heterocycles. The van der Waals surface area contributed by atoms with Gasteiger partial charge in [-0.2, -0.15) is 13.2 Å². The predicted octanol–water partition coefficient (Wildman–Crippen LogP) is 3.76. The number of rotatable bonds is 5. The van der Waals surface area contributed by atoms with Gasteiger partial charge in [-0.15, -0.1) is 0 Å². The number of aromatic nitrogens is 1. The molecule has 0 unspecified atom stereocenters. The van der Waals surface area contributed by atoms with Crippen molar-refractivity contribution < 1.29 is 22.8 Å². The van der Waals surface area contributed by atoms with E-state index in [2.05, 4.69) is 15.6 Å². The zero-order chi connectivity index (χ0) is 17.7. The average molecular weight is 337 g/mol. The lowest BCUT2D eigenvalue weighted by molar-refractivity contribution is -0.137. The Morgan fingerprint density at radius 1 is 1.12 bits per heavy atom. The maximum Gasteiger partial charge on any atom is 0.416 e. The van der Waals surface area contributed by atoms with E-state index in [1.54, 1.807) is 0 Å². The molecule has 1 amide bonds. The molecular formula is C16H14F3N3O2. The molecule has 8 heteroatoms. The lowest BCUT2D eigenvalue weighted by atomic mass is 10.2. The van der Waals surface area contributed by atoms with Gasteiger partial charge >= 0.3 is 6.18 Å². The first-order chi connectivity index (χ1) is 11.2. The van der Waals surface area contributed by atoms with Crippen molar-refractivity contribution >= 4 is 28.9 Å². The molecule has 0 radical (unpaired) electrons. The van der Waals surface area contributed by atoms with E-state index in [0.29, 0.717) is 11.5 Å². The van der Waals surface area contributed by atoms with Crippen molar-refractivity contribution in [3.63, 3.8) is 0 Å². The Kier molecular flexibility index (Phi) is 5.18. The minimum Gasteiger partial charge on any atom is -0.340 e. The number of hydrogen-bond donors (Lipinski definition) is 2. The Labute approximate surface area is 135 Å². The van der Waals surface area contributed by atoms with Crippen LogP contribution < -0.4 is 10.6 Å². The number of alkyl halides is 3. The average Bonchev–Trinajstić information content (AvgIpc) is 2.48. The Hall–Kier alpha value is -2.90. The van der Waals surface area contributed by atoms with E-state index in [1.807, 2.05) is 0 Å². The first-order valence-electron chi connectivity index (χ1n) is 6.93. The van der Waals surface area contributed by atoms with Crippen molar-refractivity contribution in [1.82, 2.24) is 4.98 Å². The van der Waals surface area contributed by atoms with Gasteiger partial charge in [0.15, 0.2) is 0 Å². The second-order valence-electron chi connectivity index (χ2n) is 5.06. The molecule has 126 valence electrons. The fourth-order valence-corrected chi connectivity index (χ4v) is 1.89. The van der Waals surface area contributed by atoms with E-state index in [4.69, 9.17) is 0 Å². The fourth-order valence-electron chi connectivity index (χ4n) is 1.89. The molecule has 0 aliphatic rings. The topological polar surface area (TPSA) is 71.1 Å². The highest BCUT2D eigenvalue weighted by molar-refractivity contribution is 6.03. The van der Waals surface area contributed by atoms with Gasteiger partial charge in [0.2, 0.25) is 5.91 Å². The molecule has 0 saturated heterocycles. The van der Waals surface area contributed by atoms with Crippen molar-refractivity contribution in [3.05, 3.63) is 48.2 Å². The lowest BCUT2D eigenvalue weighted by Crippen LogP contribution is -2.14. The quantitative estimate of drug-likeness (QED) is 0.815. The number of hydrogen-bond acceptors (Lipinski definition) is 4. The first-order valence-corrected chi connectivity index (χ1v) is 6.93. The molecule has 0 spiro atoms. The number of amides is 1. The summed E-state index contributed by atoms with van der Waals surface area (Å²) in [5, 5.41) is 5.25. The monoisotopic (exact) mass is 337 g/mol. The van der Waals surface area contributed by atoms with E-state index in [0.717, 1.165) is 12.1 Å². The highest BCUT2D eigenvalue weighted by atomic mass is 19.4. The third kappa shape index (κ3) is 5.08. The summed E-state index contributed by atoms with van der Waals surface area (Å²) in [4.78, 5) is 26.3. The van der Waals surface area contributed by atoms with Crippen LogP contribution in [-0.2, 0) is 15.8 Å². The van der Waals surface area contributed by atoms with Crippen molar-refractivity contribution in [1.29, 1.82) is 0 Å². The Balaban J connectivity index is 2.04. The largest absolute Gasteiger partial charge is 0.416 e. The summed E-state index contributed by atoms with van der Waals surface area (Å²) in [6.45, 7) is 1.31. The number of ketones is 1. The van der Waals surface area contributed by atoms with Crippen LogP contribution in [0.15, 0.2) is 42.6 Å². The molecule has 5 nitrogen and oxygen atoms in total. The summed E-state index contributed by atoms with van der Waals surface area (Å²) >= 11 is 0. The van der Waals surface area contributed by atoms with Gasteiger partial charge in [0.1, 0.15) is 11.6 Å². The van der Waals surface area contributed by atoms with Crippen LogP contribution in [0.25, 0.3) is 0 Å². The summed E-state index contributed by atoms with van der Waals surface area (Å²) in [6.07, 6.45) is -3.31. The number of benzene rings is 1. The van der Waals surface area contributed by atoms with Crippen molar-refractivity contribution in [2.75, 3.05) is 10.6 Å². The number of nitrogens with one attached hydrogen (secondary N) is 2. The van der Waals surface area contributed by atoms with Gasteiger partial charge in [0.25, 0.3) is 0 Å². The number of carbonyl (C=O) groups excluding carboxylic acids is 2. The molecule has 2 N–H and O–H groups in total. The standard InChI is InChI=1S/C16H14F3N3O2/c1-10(23)7-15(24)22-13-5-6-14(20-9-13)21-12-4-2-3-11(8-12)16(17,18)19/h2-6,8-9H,7H2,1H3,(H,20,21)(H,22,24). The van der Waals surface area contributed by atoms with E-state index in [1.165, 1.54) is 37.4 Å². The van der Waals surface area contributed by atoms with Crippen molar-refractivity contribution in [2.45, 2.75) is 19.5 Å². The normalized spacial score (nSPS) is 11.0. The maximum atomic E-state index is 12.7. The predicted molar refractivity (Wildman–Crippen MR) is 82.9 cm³/mol. The SMILES string of the molecule is CC(=O)CC(=O)Nc1ccc(Nc2cccc(C(F)(F)F)c2)nc1. The Bertz CT molecular complexity index is 743. The van der Waals surface area contributed by atoms with E-state index < -0.39 is 17.6 Å². The summed E-state index contributed by atoms with van der Waals surface area (Å²) < 4.78 is 38.0. The van der Waals surface area contributed by atoms with Crippen molar-refractivity contribution in [3.8, 4) is 0 Å². The van der Waals surface area contributed by atoms with Gasteiger partial charge in [-0.3, -0.25) is 9.59 Å². The number of pyridine rings is 1. The third-order valence-electron chi connectivity index (χ3n) is 2.92. The highest BCUT2D eigenvalue weighted by Gasteiger charge is 2.30. The van der Waals surface area contributed by atoms with E-state index in [9.17, 15) is 22.8 Å². The van der Waals surface area contributed by atoms with Gasteiger partial charge in [-0.25, -0.2) is 4.98 Å². The molecule has 0 aliphatic carbocycles. The molecule has 1 aromatic heterocycles. The molecule has 0 bridgehead atoms. The van der Waals surface area contributed by atoms with Crippen LogP contribution in [0.4, 0.5) is 30.4 Å². The Morgan fingerprint density at radius 2 is 1.88 bits per heavy atom. The van der Waals surface area contributed by atoms with E-state index in [-0.39, 0.29) is 17.9 Å². The lowest BCUT2D eigenvalue weighted by Gasteiger charge is -2.10. The number of carbonyl (C=O) groups is 2. The van der Waals surface area contributed by atoms with Gasteiger partial charge in [0, 0.05) is 5.69 Å². The van der Waals surface area contributed by atoms with Crippen LogP contribution in [0, 0.1) is 0 Å². The molecule has 24 heavy (non-hydrogen) atoms. The molecule has 0 atom stereocenters. The smallest absolute Gasteiger partial charge is 0.340 e.